The number of aliphatic hydroxyl groups is 1. The third-order valence-corrected chi connectivity index (χ3v) is 3.26. The Morgan fingerprint density at radius 2 is 1.81 bits per heavy atom. The summed E-state index contributed by atoms with van der Waals surface area (Å²) in [6.07, 6.45) is -1.05. The first-order chi connectivity index (χ1) is 10.0. The van der Waals surface area contributed by atoms with Crippen LogP contribution in [0.2, 0.25) is 5.02 Å². The van der Waals surface area contributed by atoms with Gasteiger partial charge in [0.05, 0.1) is 7.11 Å². The second-order valence-corrected chi connectivity index (χ2v) is 4.62. The van der Waals surface area contributed by atoms with Gasteiger partial charge < -0.3 is 14.6 Å². The van der Waals surface area contributed by atoms with Crippen molar-refractivity contribution in [1.82, 2.24) is 0 Å². The smallest absolute Gasteiger partial charge is 0.387 e. The van der Waals surface area contributed by atoms with Gasteiger partial charge in [0.1, 0.15) is 6.10 Å². The van der Waals surface area contributed by atoms with E-state index < -0.39 is 12.7 Å². The molecular weight excluding hydrogens is 302 g/mol. The molecular formula is C15H13ClF2O3. The van der Waals surface area contributed by atoms with Crippen LogP contribution in [0.15, 0.2) is 42.5 Å². The third kappa shape index (κ3) is 3.62. The number of methoxy groups -OCH3 is 1. The maximum Gasteiger partial charge on any atom is 0.387 e. The van der Waals surface area contributed by atoms with Crippen molar-refractivity contribution in [3.05, 3.63) is 58.6 Å². The van der Waals surface area contributed by atoms with Crippen LogP contribution >= 0.6 is 11.6 Å². The first-order valence-corrected chi connectivity index (χ1v) is 6.46. The quantitative estimate of drug-likeness (QED) is 0.905. The monoisotopic (exact) mass is 314 g/mol. The van der Waals surface area contributed by atoms with Crippen LogP contribution in [0.1, 0.15) is 17.2 Å². The van der Waals surface area contributed by atoms with Gasteiger partial charge in [-0.05, 0) is 23.8 Å². The van der Waals surface area contributed by atoms with Gasteiger partial charge >= 0.3 is 6.61 Å². The van der Waals surface area contributed by atoms with E-state index in [0.29, 0.717) is 16.1 Å². The zero-order chi connectivity index (χ0) is 15.4. The van der Waals surface area contributed by atoms with E-state index in [1.165, 1.54) is 19.2 Å². The molecule has 0 radical (unpaired) electrons. The summed E-state index contributed by atoms with van der Waals surface area (Å²) < 4.78 is 34.1. The second-order valence-electron chi connectivity index (χ2n) is 4.21. The Labute approximate surface area is 125 Å². The van der Waals surface area contributed by atoms with Gasteiger partial charge in [0.2, 0.25) is 0 Å². The minimum absolute atomic E-state index is 0.142. The summed E-state index contributed by atoms with van der Waals surface area (Å²) in [6.45, 7) is -2.98. The highest BCUT2D eigenvalue weighted by atomic mass is 35.5. The van der Waals surface area contributed by atoms with Crippen molar-refractivity contribution in [2.75, 3.05) is 7.11 Å². The summed E-state index contributed by atoms with van der Waals surface area (Å²) in [7, 11) is 1.35. The first-order valence-electron chi connectivity index (χ1n) is 6.08. The fourth-order valence-electron chi connectivity index (χ4n) is 1.93. The predicted octanol–water partition coefficient (Wildman–Crippen LogP) is 4.03. The molecule has 0 spiro atoms. The predicted molar refractivity (Wildman–Crippen MR) is 75.1 cm³/mol. The minimum Gasteiger partial charge on any atom is -0.493 e. The highest BCUT2D eigenvalue weighted by Crippen LogP contribution is 2.35. The number of benzene rings is 2. The maximum atomic E-state index is 12.4. The lowest BCUT2D eigenvalue weighted by molar-refractivity contribution is -0.0513. The van der Waals surface area contributed by atoms with Crippen LogP contribution in [0.5, 0.6) is 11.5 Å². The van der Waals surface area contributed by atoms with Crippen molar-refractivity contribution >= 4 is 11.6 Å². The first kappa shape index (κ1) is 15.5. The van der Waals surface area contributed by atoms with E-state index in [1.54, 1.807) is 30.3 Å². The number of hydrogen-bond donors (Lipinski definition) is 1. The molecule has 0 saturated heterocycles. The minimum atomic E-state index is -2.98. The van der Waals surface area contributed by atoms with Gasteiger partial charge in [0, 0.05) is 10.6 Å². The molecule has 2 aromatic carbocycles. The van der Waals surface area contributed by atoms with Gasteiger partial charge in [-0.25, -0.2) is 0 Å². The van der Waals surface area contributed by atoms with Crippen LogP contribution in [0.4, 0.5) is 8.78 Å². The molecule has 2 rings (SSSR count). The Bertz CT molecular complexity index is 620. The highest BCUT2D eigenvalue weighted by Gasteiger charge is 2.17. The number of alkyl halides is 2. The van der Waals surface area contributed by atoms with Gasteiger partial charge in [-0.2, -0.15) is 8.78 Å². The molecule has 2 aromatic rings. The lowest BCUT2D eigenvalue weighted by Crippen LogP contribution is -2.06. The zero-order valence-electron chi connectivity index (χ0n) is 11.1. The summed E-state index contributed by atoms with van der Waals surface area (Å²) in [5.74, 6) is 0.0153. The molecule has 0 saturated carbocycles. The average Bonchev–Trinajstić information content (AvgIpc) is 2.46. The molecule has 1 unspecified atom stereocenters. The second kappa shape index (κ2) is 6.74. The molecule has 0 aliphatic rings. The molecule has 0 aliphatic carbocycles. The molecule has 0 aliphatic heterocycles. The Balaban J connectivity index is 2.38. The summed E-state index contributed by atoms with van der Waals surface area (Å²) in [5.41, 5.74) is 0.854. The largest absolute Gasteiger partial charge is 0.493 e. The molecule has 1 N–H and O–H groups in total. The number of hydrogen-bond acceptors (Lipinski definition) is 3. The number of rotatable bonds is 5. The Morgan fingerprint density at radius 3 is 2.43 bits per heavy atom. The van der Waals surface area contributed by atoms with Crippen molar-refractivity contribution in [2.45, 2.75) is 12.7 Å². The molecule has 0 bridgehead atoms. The summed E-state index contributed by atoms with van der Waals surface area (Å²) >= 11 is 6.02. The molecule has 0 heterocycles. The Kier molecular flexibility index (Phi) is 4.98. The van der Waals surface area contributed by atoms with Gasteiger partial charge in [-0.3, -0.25) is 0 Å². The SMILES string of the molecule is COc1ccc(C(O)c2ccccc2Cl)cc1OC(F)F. The van der Waals surface area contributed by atoms with Crippen molar-refractivity contribution in [2.24, 2.45) is 0 Å². The van der Waals surface area contributed by atoms with E-state index >= 15 is 0 Å². The lowest BCUT2D eigenvalue weighted by atomic mass is 10.0. The number of ether oxygens (including phenoxy) is 2. The van der Waals surface area contributed by atoms with E-state index in [9.17, 15) is 13.9 Å². The van der Waals surface area contributed by atoms with Crippen molar-refractivity contribution in [3.63, 3.8) is 0 Å². The molecule has 112 valence electrons. The van der Waals surface area contributed by atoms with E-state index in [0.717, 1.165) is 0 Å². The van der Waals surface area contributed by atoms with Gasteiger partial charge in [-0.15, -0.1) is 0 Å². The standard InChI is InChI=1S/C15H13ClF2O3/c1-20-12-7-6-9(8-13(12)21-15(17)18)14(19)10-4-2-3-5-11(10)16/h2-8,14-15,19H,1H3. The molecule has 21 heavy (non-hydrogen) atoms. The van der Waals surface area contributed by atoms with Crippen LogP contribution in [0.25, 0.3) is 0 Å². The fourth-order valence-corrected chi connectivity index (χ4v) is 2.17. The molecule has 0 fully saturated rings. The molecule has 0 aromatic heterocycles. The van der Waals surface area contributed by atoms with Crippen molar-refractivity contribution in [3.8, 4) is 11.5 Å². The Hall–Kier alpha value is -1.85. The van der Waals surface area contributed by atoms with Crippen molar-refractivity contribution in [1.29, 1.82) is 0 Å². The van der Waals surface area contributed by atoms with Crippen LogP contribution in [0, 0.1) is 0 Å². The zero-order valence-corrected chi connectivity index (χ0v) is 11.8. The molecule has 6 heteroatoms. The average molecular weight is 315 g/mol. The fraction of sp³-hybridized carbons (Fsp3) is 0.200. The topological polar surface area (TPSA) is 38.7 Å². The van der Waals surface area contributed by atoms with E-state index in [4.69, 9.17) is 16.3 Å². The number of halogens is 3. The highest BCUT2D eigenvalue weighted by molar-refractivity contribution is 6.31. The molecule has 0 amide bonds. The van der Waals surface area contributed by atoms with E-state index in [1.807, 2.05) is 0 Å². The van der Waals surface area contributed by atoms with Gasteiger partial charge in [-0.1, -0.05) is 35.9 Å². The summed E-state index contributed by atoms with van der Waals surface area (Å²) in [4.78, 5) is 0. The lowest BCUT2D eigenvalue weighted by Gasteiger charge is -2.16. The van der Waals surface area contributed by atoms with Gasteiger partial charge in [0.25, 0.3) is 0 Å². The van der Waals surface area contributed by atoms with Crippen LogP contribution in [-0.4, -0.2) is 18.8 Å². The Morgan fingerprint density at radius 1 is 1.10 bits per heavy atom. The van der Waals surface area contributed by atoms with E-state index in [-0.39, 0.29) is 11.5 Å². The van der Waals surface area contributed by atoms with Crippen LogP contribution in [0.3, 0.4) is 0 Å². The summed E-state index contributed by atoms with van der Waals surface area (Å²) in [6, 6.07) is 11.1. The summed E-state index contributed by atoms with van der Waals surface area (Å²) in [5, 5.41) is 10.7. The van der Waals surface area contributed by atoms with Crippen LogP contribution in [-0.2, 0) is 0 Å². The molecule has 1 atom stereocenters. The third-order valence-electron chi connectivity index (χ3n) is 2.92. The van der Waals surface area contributed by atoms with Crippen LogP contribution < -0.4 is 9.47 Å². The molecule has 3 nitrogen and oxygen atoms in total. The normalized spacial score (nSPS) is 12.3. The van der Waals surface area contributed by atoms with Crippen molar-refractivity contribution < 1.29 is 23.4 Å². The number of aliphatic hydroxyl groups excluding tert-OH is 1. The van der Waals surface area contributed by atoms with Gasteiger partial charge in [0.15, 0.2) is 11.5 Å². The maximum absolute atomic E-state index is 12.4. The van der Waals surface area contributed by atoms with E-state index in [2.05, 4.69) is 4.74 Å².